The van der Waals surface area contributed by atoms with Gasteiger partial charge in [-0.05, 0) is 80.5 Å². The van der Waals surface area contributed by atoms with Crippen LogP contribution in [0.25, 0.3) is 22.3 Å². The van der Waals surface area contributed by atoms with Gasteiger partial charge >= 0.3 is 12.2 Å². The predicted octanol–water partition coefficient (Wildman–Crippen LogP) is 7.19. The maximum absolute atomic E-state index is 14.1. The van der Waals surface area contributed by atoms with Gasteiger partial charge in [-0.1, -0.05) is 73.2 Å². The van der Waals surface area contributed by atoms with Crippen LogP contribution in [0.3, 0.4) is 0 Å². The highest BCUT2D eigenvalue weighted by Gasteiger charge is 2.38. The summed E-state index contributed by atoms with van der Waals surface area (Å²) in [6, 6.07) is 24.2. The number of ketones is 1. The Morgan fingerprint density at radius 2 is 1.57 bits per heavy atom. The van der Waals surface area contributed by atoms with E-state index in [2.05, 4.69) is 34.2 Å². The summed E-state index contributed by atoms with van der Waals surface area (Å²) in [6.45, 7) is 9.29. The molecule has 1 saturated heterocycles. The fraction of sp³-hybridized carbons (Fsp3) is 0.341. The van der Waals surface area contributed by atoms with E-state index < -0.39 is 40.3 Å². The third kappa shape index (κ3) is 7.20. The molecule has 2 aliphatic rings. The average molecular weight is 750 g/mol. The van der Waals surface area contributed by atoms with E-state index in [9.17, 15) is 22.8 Å². The number of aromatic nitrogens is 3. The topological polar surface area (TPSA) is 141 Å². The predicted molar refractivity (Wildman–Crippen MR) is 204 cm³/mol. The van der Waals surface area contributed by atoms with Crippen molar-refractivity contribution in [1.82, 2.24) is 18.8 Å². The molecule has 280 valence electrons. The van der Waals surface area contributed by atoms with Gasteiger partial charge in [-0.2, -0.15) is 0 Å². The van der Waals surface area contributed by atoms with Crippen molar-refractivity contribution < 1.29 is 32.3 Å². The Morgan fingerprint density at radius 1 is 0.926 bits per heavy atom. The molecule has 12 nitrogen and oxygen atoms in total. The Kier molecular flexibility index (Phi) is 9.77. The Labute approximate surface area is 314 Å². The van der Waals surface area contributed by atoms with E-state index in [1.807, 2.05) is 38.1 Å². The summed E-state index contributed by atoms with van der Waals surface area (Å²) in [5, 5.41) is 0. The fourth-order valence-corrected chi connectivity index (χ4v) is 8.49. The summed E-state index contributed by atoms with van der Waals surface area (Å²) in [5.74, 6) is -1.03. The second kappa shape index (κ2) is 14.3. The van der Waals surface area contributed by atoms with Crippen molar-refractivity contribution >= 4 is 45.0 Å². The van der Waals surface area contributed by atoms with Gasteiger partial charge in [0.15, 0.2) is 17.2 Å². The zero-order chi connectivity index (χ0) is 38.4. The molecule has 5 aromatic rings. The number of nitrogens with zero attached hydrogens (tertiary/aromatic N) is 5. The van der Waals surface area contributed by atoms with Gasteiger partial charge in [0.2, 0.25) is 0 Å². The van der Waals surface area contributed by atoms with Gasteiger partial charge in [0.1, 0.15) is 17.7 Å². The lowest BCUT2D eigenvalue weighted by Gasteiger charge is -2.36. The molecule has 3 heterocycles. The molecule has 1 aliphatic carbocycles. The van der Waals surface area contributed by atoms with E-state index in [0.717, 1.165) is 36.7 Å². The quantitative estimate of drug-likeness (QED) is 0.161. The van der Waals surface area contributed by atoms with Crippen LogP contribution in [-0.2, 0) is 24.3 Å². The van der Waals surface area contributed by atoms with Crippen molar-refractivity contribution in [2.75, 3.05) is 31.1 Å². The van der Waals surface area contributed by atoms with Crippen molar-refractivity contribution in [3.8, 4) is 11.1 Å². The number of aryl methyl sites for hydroxylation is 1. The number of rotatable bonds is 8. The van der Waals surface area contributed by atoms with Gasteiger partial charge < -0.3 is 14.4 Å². The van der Waals surface area contributed by atoms with Crippen molar-refractivity contribution in [1.29, 1.82) is 0 Å². The molecule has 0 bridgehead atoms. The molecule has 13 heteroatoms. The molecular formula is C41H43N5O7S. The standard InChI is InChI=1S/C41H43N5O7S/c1-26-14-16-28(17-15-26)54(50,51)46-21-19-35-38(46)42-22-37(43-35)45(40(49)53-41(3,4)5)24-36(47)33-23-44(20-18-27(33)2)39(48)52-25-34-31-12-8-6-10-29(31)30-11-7-9-13-32(30)34/h6-17,19,21-22,27,33-34H,18,20,23-25H2,1-5H3. The monoisotopic (exact) mass is 749 g/mol. The normalized spacial score (nSPS) is 17.2. The minimum absolute atomic E-state index is 0.0208. The molecule has 0 saturated carbocycles. The second-order valence-electron chi connectivity index (χ2n) is 15.0. The first kappa shape index (κ1) is 36.8. The SMILES string of the molecule is Cc1ccc(S(=O)(=O)n2ccc3nc(N(CC(=O)C4CN(C(=O)OCC5c6ccccc6-c6ccccc65)CCC4C)C(=O)OC(C)(C)C)cnc32)cc1. The van der Waals surface area contributed by atoms with Crippen molar-refractivity contribution in [2.45, 2.75) is 57.5 Å². The van der Waals surface area contributed by atoms with Gasteiger partial charge in [-0.15, -0.1) is 0 Å². The summed E-state index contributed by atoms with van der Waals surface area (Å²) < 4.78 is 39.6. The van der Waals surface area contributed by atoms with Crippen LogP contribution in [0, 0.1) is 18.8 Å². The number of benzene rings is 3. The molecule has 1 aliphatic heterocycles. The molecule has 1 fully saturated rings. The van der Waals surface area contributed by atoms with E-state index in [1.54, 1.807) is 37.8 Å². The van der Waals surface area contributed by atoms with Gasteiger partial charge in [0, 0.05) is 31.1 Å². The summed E-state index contributed by atoms with van der Waals surface area (Å²) in [7, 11) is -3.99. The zero-order valence-electron chi connectivity index (χ0n) is 30.9. The Morgan fingerprint density at radius 3 is 2.22 bits per heavy atom. The first-order valence-corrected chi connectivity index (χ1v) is 19.4. The molecule has 2 aromatic heterocycles. The van der Waals surface area contributed by atoms with Crippen LogP contribution in [0.1, 0.15) is 56.7 Å². The molecule has 7 rings (SSSR count). The number of anilines is 1. The second-order valence-corrected chi connectivity index (χ2v) is 16.8. The van der Waals surface area contributed by atoms with Crippen LogP contribution in [0.4, 0.5) is 15.4 Å². The van der Waals surface area contributed by atoms with E-state index in [4.69, 9.17) is 9.47 Å². The minimum atomic E-state index is -3.99. The largest absolute Gasteiger partial charge is 0.448 e. The number of hydrogen-bond donors (Lipinski definition) is 0. The first-order chi connectivity index (χ1) is 25.7. The number of carbonyl (C=O) groups is 3. The highest BCUT2D eigenvalue weighted by Crippen LogP contribution is 2.44. The summed E-state index contributed by atoms with van der Waals surface area (Å²) >= 11 is 0. The Balaban J connectivity index is 1.08. The van der Waals surface area contributed by atoms with Gasteiger partial charge in [0.25, 0.3) is 10.0 Å². The molecule has 3 aromatic carbocycles. The lowest BCUT2D eigenvalue weighted by atomic mass is 9.84. The number of hydrogen-bond acceptors (Lipinski definition) is 9. The average Bonchev–Trinajstić information content (AvgIpc) is 3.72. The Hall–Kier alpha value is -5.56. The fourth-order valence-electron chi connectivity index (χ4n) is 7.19. The number of ether oxygens (including phenoxy) is 2. The summed E-state index contributed by atoms with van der Waals surface area (Å²) in [4.78, 5) is 53.0. The Bertz CT molecular complexity index is 2300. The van der Waals surface area contributed by atoms with Crippen molar-refractivity contribution in [3.63, 3.8) is 0 Å². The molecule has 0 radical (unpaired) electrons. The van der Waals surface area contributed by atoms with Crippen LogP contribution in [0.5, 0.6) is 0 Å². The highest BCUT2D eigenvalue weighted by molar-refractivity contribution is 7.90. The number of carbonyl (C=O) groups excluding carboxylic acids is 3. The van der Waals surface area contributed by atoms with Crippen LogP contribution in [0.15, 0.2) is 96.2 Å². The minimum Gasteiger partial charge on any atom is -0.448 e. The molecule has 0 spiro atoms. The van der Waals surface area contributed by atoms with Crippen LogP contribution in [0.2, 0.25) is 0 Å². The molecular weight excluding hydrogens is 707 g/mol. The number of Topliss-reactive ketones (excluding diaryl/α,β-unsaturated/α-hetero) is 1. The maximum atomic E-state index is 14.1. The lowest BCUT2D eigenvalue weighted by molar-refractivity contribution is -0.124. The van der Waals surface area contributed by atoms with Crippen LogP contribution < -0.4 is 4.90 Å². The van der Waals surface area contributed by atoms with Crippen LogP contribution in [-0.4, -0.2) is 77.1 Å². The van der Waals surface area contributed by atoms with Crippen molar-refractivity contribution in [2.24, 2.45) is 11.8 Å². The van der Waals surface area contributed by atoms with Crippen molar-refractivity contribution in [3.05, 3.63) is 108 Å². The molecule has 2 unspecified atom stereocenters. The van der Waals surface area contributed by atoms with Gasteiger partial charge in [-0.25, -0.2) is 31.9 Å². The van der Waals surface area contributed by atoms with Crippen LogP contribution >= 0.6 is 0 Å². The van der Waals surface area contributed by atoms with E-state index in [-0.39, 0.29) is 52.6 Å². The van der Waals surface area contributed by atoms with E-state index >= 15 is 0 Å². The highest BCUT2D eigenvalue weighted by atomic mass is 32.2. The third-order valence-electron chi connectivity index (χ3n) is 10.1. The summed E-state index contributed by atoms with van der Waals surface area (Å²) in [5.41, 5.74) is 4.79. The molecule has 2 atom stereocenters. The maximum Gasteiger partial charge on any atom is 0.416 e. The lowest BCUT2D eigenvalue weighted by Crippen LogP contribution is -2.49. The number of amides is 2. The van der Waals surface area contributed by atoms with Gasteiger partial charge in [0.05, 0.1) is 17.6 Å². The number of fused-ring (bicyclic) bond motifs is 4. The van der Waals surface area contributed by atoms with E-state index in [1.165, 1.54) is 30.6 Å². The zero-order valence-corrected chi connectivity index (χ0v) is 31.7. The smallest absolute Gasteiger partial charge is 0.416 e. The third-order valence-corrected chi connectivity index (χ3v) is 11.8. The molecule has 54 heavy (non-hydrogen) atoms. The number of piperidine rings is 1. The molecule has 0 N–H and O–H groups in total. The number of likely N-dealkylation sites (tertiary alicyclic amines) is 1. The summed E-state index contributed by atoms with van der Waals surface area (Å²) in [6.07, 6.45) is 1.88. The first-order valence-electron chi connectivity index (χ1n) is 18.0. The van der Waals surface area contributed by atoms with E-state index in [0.29, 0.717) is 13.0 Å². The van der Waals surface area contributed by atoms with Gasteiger partial charge in [-0.3, -0.25) is 9.69 Å². The molecule has 2 amide bonds.